The van der Waals surface area contributed by atoms with Gasteiger partial charge in [-0.25, -0.2) is 0 Å². The van der Waals surface area contributed by atoms with Crippen molar-refractivity contribution in [2.24, 2.45) is 5.92 Å². The van der Waals surface area contributed by atoms with Gasteiger partial charge in [-0.2, -0.15) is 0 Å². The molecule has 26 heavy (non-hydrogen) atoms. The Morgan fingerprint density at radius 1 is 1.19 bits per heavy atom. The van der Waals surface area contributed by atoms with E-state index in [4.69, 9.17) is 0 Å². The van der Waals surface area contributed by atoms with Gasteiger partial charge in [0.15, 0.2) is 0 Å². The number of hydrogen-bond acceptors (Lipinski definition) is 3. The van der Waals surface area contributed by atoms with E-state index in [-0.39, 0.29) is 11.6 Å². The molecule has 1 aromatic heterocycles. The van der Waals surface area contributed by atoms with Gasteiger partial charge in [-0.15, -0.1) is 0 Å². The highest BCUT2D eigenvalue weighted by Gasteiger charge is 2.22. The first-order chi connectivity index (χ1) is 12.5. The van der Waals surface area contributed by atoms with Crippen LogP contribution in [0.5, 0.6) is 0 Å². The minimum absolute atomic E-state index is 0.0846. The number of fused-ring (bicyclic) bond motifs is 1. The maximum absolute atomic E-state index is 13.2. The molecule has 1 amide bonds. The molecule has 0 saturated carbocycles. The number of amides is 1. The summed E-state index contributed by atoms with van der Waals surface area (Å²) in [5.74, 6) is 0.194. The van der Waals surface area contributed by atoms with Gasteiger partial charge in [-0.1, -0.05) is 38.1 Å². The topological polar surface area (TPSA) is 79.2 Å². The monoisotopic (exact) mass is 351 g/mol. The normalized spacial score (nSPS) is 11.0. The number of H-pyrrole nitrogens is 1. The van der Waals surface area contributed by atoms with Crippen molar-refractivity contribution < 1.29 is 9.72 Å². The number of carbonyl (C=O) groups is 1. The van der Waals surface area contributed by atoms with Crippen molar-refractivity contribution in [3.63, 3.8) is 0 Å². The Bertz CT molecular complexity index is 946. The lowest BCUT2D eigenvalue weighted by Crippen LogP contribution is -2.32. The number of hydrogen-bond donors (Lipinski definition) is 1. The van der Waals surface area contributed by atoms with Crippen LogP contribution >= 0.6 is 0 Å². The number of rotatable bonds is 6. The molecule has 3 aromatic rings. The third-order valence-electron chi connectivity index (χ3n) is 4.34. The molecule has 0 spiro atoms. The largest absolute Gasteiger partial charge is 0.359 e. The van der Waals surface area contributed by atoms with E-state index in [0.717, 1.165) is 23.0 Å². The van der Waals surface area contributed by atoms with Gasteiger partial charge in [0.25, 0.3) is 11.6 Å². The highest BCUT2D eigenvalue weighted by molar-refractivity contribution is 6.10. The van der Waals surface area contributed by atoms with Gasteiger partial charge >= 0.3 is 0 Å². The van der Waals surface area contributed by atoms with Gasteiger partial charge in [0, 0.05) is 41.3 Å². The first kappa shape index (κ1) is 17.7. The number of aromatic nitrogens is 1. The number of anilines is 1. The third-order valence-corrected chi connectivity index (χ3v) is 4.34. The fourth-order valence-corrected chi connectivity index (χ4v) is 2.91. The SMILES string of the molecule is CC(C)CCN(C(=O)c1cccc([N+](=O)[O-])c1)c1c[nH]c2ccccc12. The maximum Gasteiger partial charge on any atom is 0.270 e. The Kier molecular flexibility index (Phi) is 5.02. The third kappa shape index (κ3) is 3.59. The molecule has 0 fully saturated rings. The Hall–Kier alpha value is -3.15. The highest BCUT2D eigenvalue weighted by atomic mass is 16.6. The van der Waals surface area contributed by atoms with Crippen molar-refractivity contribution in [2.45, 2.75) is 20.3 Å². The highest BCUT2D eigenvalue weighted by Crippen LogP contribution is 2.29. The van der Waals surface area contributed by atoms with E-state index in [1.54, 1.807) is 17.0 Å². The number of nitro groups is 1. The Balaban J connectivity index is 2.02. The Labute approximate surface area is 151 Å². The predicted molar refractivity (Wildman–Crippen MR) is 103 cm³/mol. The van der Waals surface area contributed by atoms with E-state index < -0.39 is 4.92 Å². The quantitative estimate of drug-likeness (QED) is 0.513. The number of carbonyl (C=O) groups excluding carboxylic acids is 1. The van der Waals surface area contributed by atoms with Gasteiger partial charge < -0.3 is 9.88 Å². The zero-order valence-corrected chi connectivity index (χ0v) is 14.8. The average Bonchev–Trinajstić information content (AvgIpc) is 3.05. The lowest BCUT2D eigenvalue weighted by molar-refractivity contribution is -0.384. The summed E-state index contributed by atoms with van der Waals surface area (Å²) in [6.07, 6.45) is 2.65. The summed E-state index contributed by atoms with van der Waals surface area (Å²) >= 11 is 0. The van der Waals surface area contributed by atoms with Crippen molar-refractivity contribution in [3.8, 4) is 0 Å². The van der Waals surface area contributed by atoms with Crippen LogP contribution in [0.15, 0.2) is 54.7 Å². The van der Waals surface area contributed by atoms with Crippen molar-refractivity contribution in [1.29, 1.82) is 0 Å². The van der Waals surface area contributed by atoms with Crippen LogP contribution in [0.2, 0.25) is 0 Å². The average molecular weight is 351 g/mol. The van der Waals surface area contributed by atoms with Gasteiger partial charge in [-0.05, 0) is 24.5 Å². The molecule has 2 aromatic carbocycles. The van der Waals surface area contributed by atoms with Crippen LogP contribution in [0.4, 0.5) is 11.4 Å². The molecule has 0 radical (unpaired) electrons. The van der Waals surface area contributed by atoms with Crippen molar-refractivity contribution in [3.05, 3.63) is 70.4 Å². The maximum atomic E-state index is 13.2. The summed E-state index contributed by atoms with van der Waals surface area (Å²) < 4.78 is 0. The number of nitrogens with zero attached hydrogens (tertiary/aromatic N) is 2. The number of nitro benzene ring substituents is 1. The number of benzene rings is 2. The molecule has 134 valence electrons. The van der Waals surface area contributed by atoms with Gasteiger partial charge in [0.2, 0.25) is 0 Å². The van der Waals surface area contributed by atoms with Crippen molar-refractivity contribution in [2.75, 3.05) is 11.4 Å². The van der Waals surface area contributed by atoms with Gasteiger partial charge in [0.1, 0.15) is 0 Å². The number of non-ortho nitro benzene ring substituents is 1. The number of aromatic amines is 1. The first-order valence-corrected chi connectivity index (χ1v) is 8.60. The molecule has 1 N–H and O–H groups in total. The molecule has 1 heterocycles. The van der Waals surface area contributed by atoms with Crippen LogP contribution < -0.4 is 4.90 Å². The smallest absolute Gasteiger partial charge is 0.270 e. The lowest BCUT2D eigenvalue weighted by atomic mass is 10.1. The molecule has 0 aliphatic carbocycles. The minimum Gasteiger partial charge on any atom is -0.359 e. The van der Waals surface area contributed by atoms with E-state index in [2.05, 4.69) is 18.8 Å². The van der Waals surface area contributed by atoms with E-state index in [1.807, 2.05) is 30.5 Å². The molecular formula is C20H21N3O3. The van der Waals surface area contributed by atoms with Crippen LogP contribution in [0.25, 0.3) is 10.9 Å². The van der Waals surface area contributed by atoms with Crippen LogP contribution in [-0.2, 0) is 0 Å². The van der Waals surface area contributed by atoms with Crippen LogP contribution in [0.1, 0.15) is 30.6 Å². The fourth-order valence-electron chi connectivity index (χ4n) is 2.91. The predicted octanol–water partition coefficient (Wildman–Crippen LogP) is 4.77. The standard InChI is InChI=1S/C20H21N3O3/c1-14(2)10-11-22(19-13-21-18-9-4-3-8-17(18)19)20(24)15-6-5-7-16(12-15)23(25)26/h3-9,12-14,21H,10-11H2,1-2H3. The van der Waals surface area contributed by atoms with Crippen LogP contribution in [-0.4, -0.2) is 22.4 Å². The summed E-state index contributed by atoms with van der Waals surface area (Å²) in [6.45, 7) is 4.75. The second-order valence-electron chi connectivity index (χ2n) is 6.67. The van der Waals surface area contributed by atoms with Crippen molar-refractivity contribution in [1.82, 2.24) is 4.98 Å². The summed E-state index contributed by atoms with van der Waals surface area (Å²) in [6, 6.07) is 13.7. The van der Waals surface area contributed by atoms with E-state index in [1.165, 1.54) is 12.1 Å². The van der Waals surface area contributed by atoms with Gasteiger partial charge in [0.05, 0.1) is 10.6 Å². The second kappa shape index (κ2) is 7.39. The van der Waals surface area contributed by atoms with E-state index in [9.17, 15) is 14.9 Å². The molecule has 6 nitrogen and oxygen atoms in total. The summed E-state index contributed by atoms with van der Waals surface area (Å²) in [5, 5.41) is 12.0. The zero-order valence-electron chi connectivity index (χ0n) is 14.8. The molecular weight excluding hydrogens is 330 g/mol. The zero-order chi connectivity index (χ0) is 18.7. The Morgan fingerprint density at radius 2 is 1.96 bits per heavy atom. The summed E-state index contributed by atoms with van der Waals surface area (Å²) in [4.78, 5) is 28.6. The van der Waals surface area contributed by atoms with E-state index in [0.29, 0.717) is 18.0 Å². The molecule has 3 rings (SSSR count). The molecule has 0 unspecified atom stereocenters. The summed E-state index contributed by atoms with van der Waals surface area (Å²) in [5.41, 5.74) is 1.97. The molecule has 0 saturated heterocycles. The molecule has 0 bridgehead atoms. The summed E-state index contributed by atoms with van der Waals surface area (Å²) in [7, 11) is 0. The van der Waals surface area contributed by atoms with Crippen LogP contribution in [0.3, 0.4) is 0 Å². The van der Waals surface area contributed by atoms with Crippen LogP contribution in [0, 0.1) is 16.0 Å². The number of nitrogens with one attached hydrogen (secondary N) is 1. The fraction of sp³-hybridized carbons (Fsp3) is 0.250. The second-order valence-corrected chi connectivity index (χ2v) is 6.67. The number of para-hydroxylation sites is 1. The lowest BCUT2D eigenvalue weighted by Gasteiger charge is -2.23. The Morgan fingerprint density at radius 3 is 2.69 bits per heavy atom. The van der Waals surface area contributed by atoms with Crippen molar-refractivity contribution >= 4 is 28.2 Å². The molecule has 0 atom stereocenters. The molecule has 0 aliphatic heterocycles. The molecule has 6 heteroatoms. The van der Waals surface area contributed by atoms with E-state index >= 15 is 0 Å². The van der Waals surface area contributed by atoms with Gasteiger partial charge in [-0.3, -0.25) is 14.9 Å². The minimum atomic E-state index is -0.485. The first-order valence-electron chi connectivity index (χ1n) is 8.60. The molecule has 0 aliphatic rings.